The number of ketones is 1. The third-order valence-electron chi connectivity index (χ3n) is 5.54. The van der Waals surface area contributed by atoms with E-state index in [4.69, 9.17) is 0 Å². The van der Waals surface area contributed by atoms with E-state index >= 15 is 0 Å². The molecule has 25 heavy (non-hydrogen) atoms. The molecular formula is C23H30NO+. The summed E-state index contributed by atoms with van der Waals surface area (Å²) in [5.74, 6) is 0.382. The Bertz CT molecular complexity index is 684. The molecule has 1 heterocycles. The van der Waals surface area contributed by atoms with Crippen LogP contribution >= 0.6 is 0 Å². The molecule has 1 aliphatic rings. The van der Waals surface area contributed by atoms with E-state index in [2.05, 4.69) is 49.4 Å². The van der Waals surface area contributed by atoms with Gasteiger partial charge in [-0.05, 0) is 43.7 Å². The van der Waals surface area contributed by atoms with E-state index in [0.717, 1.165) is 24.1 Å². The molecule has 0 aliphatic carbocycles. The van der Waals surface area contributed by atoms with Crippen molar-refractivity contribution in [2.45, 2.75) is 45.6 Å². The predicted molar refractivity (Wildman–Crippen MR) is 103 cm³/mol. The molecule has 0 saturated carbocycles. The summed E-state index contributed by atoms with van der Waals surface area (Å²) in [5, 5.41) is 0. The summed E-state index contributed by atoms with van der Waals surface area (Å²) in [4.78, 5) is 12.9. The predicted octanol–water partition coefficient (Wildman–Crippen LogP) is 4.70. The first-order valence-electron chi connectivity index (χ1n) is 9.62. The standard InChI is InChI=1S/C23H30NO/c1-20-11-7-8-14-22(20)17-23(25)19-24(15-9-2-3-10-16-24)18-21-12-5-4-6-13-21/h4-8,11-14H,2-3,9-10,15-19H2,1H3/q+1. The van der Waals surface area contributed by atoms with Crippen LogP contribution in [0.25, 0.3) is 0 Å². The fourth-order valence-corrected chi connectivity index (χ4v) is 4.15. The van der Waals surface area contributed by atoms with E-state index in [0.29, 0.717) is 18.7 Å². The first-order valence-corrected chi connectivity index (χ1v) is 9.62. The molecule has 2 nitrogen and oxygen atoms in total. The molecule has 3 rings (SSSR count). The number of likely N-dealkylation sites (tertiary alicyclic amines) is 1. The van der Waals surface area contributed by atoms with Gasteiger partial charge in [-0.2, -0.15) is 0 Å². The van der Waals surface area contributed by atoms with Crippen molar-refractivity contribution in [1.82, 2.24) is 0 Å². The zero-order valence-corrected chi connectivity index (χ0v) is 15.4. The summed E-state index contributed by atoms with van der Waals surface area (Å²) in [6, 6.07) is 19.0. The zero-order valence-electron chi connectivity index (χ0n) is 15.4. The lowest BCUT2D eigenvalue weighted by Crippen LogP contribution is -2.51. The molecule has 132 valence electrons. The minimum atomic E-state index is 0.382. The monoisotopic (exact) mass is 336 g/mol. The lowest BCUT2D eigenvalue weighted by Gasteiger charge is -2.37. The molecule has 2 aromatic rings. The van der Waals surface area contributed by atoms with Gasteiger partial charge in [0.2, 0.25) is 0 Å². The number of hydrogen-bond acceptors (Lipinski definition) is 1. The van der Waals surface area contributed by atoms with Crippen LogP contribution in [0.1, 0.15) is 42.4 Å². The Morgan fingerprint density at radius 3 is 2.20 bits per heavy atom. The van der Waals surface area contributed by atoms with Crippen LogP contribution in [-0.2, 0) is 17.8 Å². The van der Waals surface area contributed by atoms with Crippen LogP contribution in [0.2, 0.25) is 0 Å². The molecule has 0 atom stereocenters. The Kier molecular flexibility index (Phi) is 6.04. The van der Waals surface area contributed by atoms with Gasteiger partial charge < -0.3 is 4.48 Å². The summed E-state index contributed by atoms with van der Waals surface area (Å²) in [6.45, 7) is 6.02. The molecule has 0 N–H and O–H groups in total. The number of carbonyl (C=O) groups is 1. The normalized spacial score (nSPS) is 17.0. The Hall–Kier alpha value is -1.93. The maximum absolute atomic E-state index is 12.9. The molecule has 2 heteroatoms. The van der Waals surface area contributed by atoms with Gasteiger partial charge in [0.25, 0.3) is 0 Å². The summed E-state index contributed by atoms with van der Waals surface area (Å²) in [6.07, 6.45) is 5.66. The van der Waals surface area contributed by atoms with Crippen LogP contribution < -0.4 is 0 Å². The van der Waals surface area contributed by atoms with Gasteiger partial charge in [0, 0.05) is 12.0 Å². The van der Waals surface area contributed by atoms with E-state index in [-0.39, 0.29) is 0 Å². The summed E-state index contributed by atoms with van der Waals surface area (Å²) < 4.78 is 0.939. The Labute approximate surface area is 152 Å². The average molecular weight is 336 g/mol. The van der Waals surface area contributed by atoms with Gasteiger partial charge in [0.05, 0.1) is 13.1 Å². The molecule has 0 amide bonds. The van der Waals surface area contributed by atoms with Gasteiger partial charge in [-0.3, -0.25) is 4.79 Å². The van der Waals surface area contributed by atoms with Crippen LogP contribution in [0.4, 0.5) is 0 Å². The van der Waals surface area contributed by atoms with Crippen molar-refractivity contribution >= 4 is 5.78 Å². The number of aryl methyl sites for hydroxylation is 1. The van der Waals surface area contributed by atoms with E-state index in [9.17, 15) is 4.79 Å². The van der Waals surface area contributed by atoms with Crippen molar-refractivity contribution in [3.05, 3.63) is 71.3 Å². The number of quaternary nitrogens is 1. The van der Waals surface area contributed by atoms with Crippen molar-refractivity contribution in [3.8, 4) is 0 Å². The largest absolute Gasteiger partial charge is 0.314 e. The highest BCUT2D eigenvalue weighted by atomic mass is 16.1. The molecular weight excluding hydrogens is 306 g/mol. The molecule has 2 aromatic carbocycles. The van der Waals surface area contributed by atoms with Crippen LogP contribution in [0.15, 0.2) is 54.6 Å². The first kappa shape index (κ1) is 17.9. The third-order valence-corrected chi connectivity index (χ3v) is 5.54. The van der Waals surface area contributed by atoms with E-state index in [1.807, 2.05) is 12.1 Å². The summed E-state index contributed by atoms with van der Waals surface area (Å²) >= 11 is 0. The van der Waals surface area contributed by atoms with Crippen molar-refractivity contribution in [1.29, 1.82) is 0 Å². The van der Waals surface area contributed by atoms with Crippen LogP contribution in [0.3, 0.4) is 0 Å². The highest BCUT2D eigenvalue weighted by Gasteiger charge is 2.31. The second kappa shape index (κ2) is 8.44. The maximum atomic E-state index is 12.9. The quantitative estimate of drug-likeness (QED) is 0.699. The third kappa shape index (κ3) is 5.02. The second-order valence-corrected chi connectivity index (χ2v) is 7.65. The molecule has 0 unspecified atom stereocenters. The molecule has 1 saturated heterocycles. The van der Waals surface area contributed by atoms with Gasteiger partial charge >= 0.3 is 0 Å². The summed E-state index contributed by atoms with van der Waals surface area (Å²) in [7, 11) is 0. The number of hydrogen-bond donors (Lipinski definition) is 0. The van der Waals surface area contributed by atoms with Crippen LogP contribution in [0, 0.1) is 6.92 Å². The van der Waals surface area contributed by atoms with Crippen molar-refractivity contribution in [2.24, 2.45) is 0 Å². The molecule has 0 spiro atoms. The molecule has 0 aromatic heterocycles. The molecule has 1 fully saturated rings. The van der Waals surface area contributed by atoms with Gasteiger partial charge in [0.15, 0.2) is 5.78 Å². The topological polar surface area (TPSA) is 17.1 Å². The molecule has 1 aliphatic heterocycles. The van der Waals surface area contributed by atoms with E-state index in [1.54, 1.807) is 0 Å². The Morgan fingerprint density at radius 2 is 1.52 bits per heavy atom. The average Bonchev–Trinajstić information content (AvgIpc) is 2.83. The minimum absolute atomic E-state index is 0.382. The van der Waals surface area contributed by atoms with E-state index < -0.39 is 0 Å². The van der Waals surface area contributed by atoms with Crippen molar-refractivity contribution in [3.63, 3.8) is 0 Å². The number of carbonyl (C=O) groups excluding carboxylic acids is 1. The SMILES string of the molecule is Cc1ccccc1CC(=O)C[N+]1(Cc2ccccc2)CCCCCC1. The Morgan fingerprint density at radius 1 is 0.880 bits per heavy atom. The zero-order chi connectivity index (χ0) is 17.5. The molecule has 0 bridgehead atoms. The smallest absolute Gasteiger partial charge is 0.191 e. The van der Waals surface area contributed by atoms with Gasteiger partial charge in [-0.1, -0.05) is 54.6 Å². The van der Waals surface area contributed by atoms with E-state index in [1.165, 1.54) is 42.4 Å². The first-order chi connectivity index (χ1) is 12.2. The van der Waals surface area contributed by atoms with Crippen molar-refractivity contribution < 1.29 is 9.28 Å². The van der Waals surface area contributed by atoms with Gasteiger partial charge in [0.1, 0.15) is 13.1 Å². The maximum Gasteiger partial charge on any atom is 0.191 e. The Balaban J connectivity index is 1.75. The fraction of sp³-hybridized carbons (Fsp3) is 0.435. The highest BCUT2D eigenvalue weighted by Crippen LogP contribution is 2.23. The number of benzene rings is 2. The van der Waals surface area contributed by atoms with Crippen molar-refractivity contribution in [2.75, 3.05) is 19.6 Å². The molecule has 0 radical (unpaired) electrons. The number of rotatable bonds is 6. The highest BCUT2D eigenvalue weighted by molar-refractivity contribution is 5.82. The van der Waals surface area contributed by atoms with Crippen LogP contribution in [0.5, 0.6) is 0 Å². The van der Waals surface area contributed by atoms with Gasteiger partial charge in [-0.15, -0.1) is 0 Å². The van der Waals surface area contributed by atoms with Gasteiger partial charge in [-0.25, -0.2) is 0 Å². The lowest BCUT2D eigenvalue weighted by atomic mass is 10.0. The number of Topliss-reactive ketones (excluding diaryl/α,β-unsaturated/α-hetero) is 1. The fourth-order valence-electron chi connectivity index (χ4n) is 4.15. The second-order valence-electron chi connectivity index (χ2n) is 7.65. The minimum Gasteiger partial charge on any atom is -0.314 e. The summed E-state index contributed by atoms with van der Waals surface area (Å²) in [5.41, 5.74) is 3.76. The lowest BCUT2D eigenvalue weighted by molar-refractivity contribution is -0.932. The number of nitrogens with zero attached hydrogens (tertiary/aromatic N) is 1. The van der Waals surface area contributed by atoms with Crippen LogP contribution in [-0.4, -0.2) is 29.9 Å².